The lowest BCUT2D eigenvalue weighted by Crippen LogP contribution is -2.32. The molecule has 0 aromatic heterocycles. The number of hydrogen-bond acceptors (Lipinski definition) is 2. The molecule has 0 radical (unpaired) electrons. The second-order valence-electron chi connectivity index (χ2n) is 3.45. The normalized spacial score (nSPS) is 10.2. The van der Waals surface area contributed by atoms with Gasteiger partial charge >= 0.3 is 0 Å². The highest BCUT2D eigenvalue weighted by molar-refractivity contribution is 9.11. The number of rotatable bonds is 4. The molecule has 5 heteroatoms. The van der Waals surface area contributed by atoms with E-state index in [1.54, 1.807) is 11.9 Å². The van der Waals surface area contributed by atoms with Gasteiger partial charge in [0.1, 0.15) is 0 Å². The molecular weight excluding hydrogens is 336 g/mol. The molecule has 0 atom stereocenters. The summed E-state index contributed by atoms with van der Waals surface area (Å²) >= 11 is 6.75. The van der Waals surface area contributed by atoms with Gasteiger partial charge in [0.15, 0.2) is 0 Å². The molecular formula is C11H14Br2N2O. The van der Waals surface area contributed by atoms with E-state index in [0.29, 0.717) is 12.1 Å². The Morgan fingerprint density at radius 3 is 2.75 bits per heavy atom. The van der Waals surface area contributed by atoms with Crippen LogP contribution in [0.3, 0.4) is 0 Å². The van der Waals surface area contributed by atoms with Crippen LogP contribution in [0.1, 0.15) is 10.4 Å². The molecule has 0 aliphatic carbocycles. The number of halogens is 2. The number of amides is 1. The maximum Gasteiger partial charge on any atom is 0.254 e. The first-order chi connectivity index (χ1) is 7.56. The van der Waals surface area contributed by atoms with Crippen LogP contribution in [0.25, 0.3) is 0 Å². The Morgan fingerprint density at radius 2 is 2.12 bits per heavy atom. The fourth-order valence-corrected chi connectivity index (χ4v) is 2.03. The van der Waals surface area contributed by atoms with Gasteiger partial charge in [0, 0.05) is 29.1 Å². The van der Waals surface area contributed by atoms with Crippen LogP contribution in [0.15, 0.2) is 27.1 Å². The van der Waals surface area contributed by atoms with Crippen molar-refractivity contribution in [2.45, 2.75) is 0 Å². The molecule has 0 aliphatic rings. The van der Waals surface area contributed by atoms with Crippen molar-refractivity contribution in [3.8, 4) is 0 Å². The molecule has 1 aromatic carbocycles. The fraction of sp³-hybridized carbons (Fsp3) is 0.364. The van der Waals surface area contributed by atoms with Crippen molar-refractivity contribution in [2.75, 3.05) is 27.2 Å². The number of carbonyl (C=O) groups is 1. The van der Waals surface area contributed by atoms with Gasteiger partial charge in [0.25, 0.3) is 5.91 Å². The minimum atomic E-state index is 0.0171. The Bertz CT molecular complexity index is 382. The lowest BCUT2D eigenvalue weighted by molar-refractivity contribution is 0.0796. The van der Waals surface area contributed by atoms with Crippen LogP contribution in [0.2, 0.25) is 0 Å². The number of likely N-dealkylation sites (N-methyl/N-ethyl adjacent to an activating group) is 2. The van der Waals surface area contributed by atoms with Crippen LogP contribution in [0.4, 0.5) is 0 Å². The number of carbonyl (C=O) groups excluding carboxylic acids is 1. The van der Waals surface area contributed by atoms with E-state index in [4.69, 9.17) is 0 Å². The van der Waals surface area contributed by atoms with Crippen LogP contribution in [-0.2, 0) is 0 Å². The predicted octanol–water partition coefficient (Wildman–Crippen LogP) is 2.50. The van der Waals surface area contributed by atoms with Gasteiger partial charge in [-0.25, -0.2) is 0 Å². The first-order valence-corrected chi connectivity index (χ1v) is 6.50. The van der Waals surface area contributed by atoms with E-state index < -0.39 is 0 Å². The van der Waals surface area contributed by atoms with Gasteiger partial charge in [-0.2, -0.15) is 0 Å². The van der Waals surface area contributed by atoms with E-state index in [2.05, 4.69) is 37.2 Å². The summed E-state index contributed by atoms with van der Waals surface area (Å²) in [4.78, 5) is 13.8. The van der Waals surface area contributed by atoms with Crippen LogP contribution >= 0.6 is 31.9 Å². The molecule has 0 bridgehead atoms. The molecule has 1 amide bonds. The number of benzene rings is 1. The van der Waals surface area contributed by atoms with E-state index in [0.717, 1.165) is 15.5 Å². The Balaban J connectivity index is 2.83. The highest BCUT2D eigenvalue weighted by Crippen LogP contribution is 2.22. The van der Waals surface area contributed by atoms with E-state index >= 15 is 0 Å². The topological polar surface area (TPSA) is 32.3 Å². The van der Waals surface area contributed by atoms with Crippen LogP contribution in [0.5, 0.6) is 0 Å². The van der Waals surface area contributed by atoms with Crippen molar-refractivity contribution >= 4 is 37.8 Å². The van der Waals surface area contributed by atoms with E-state index in [9.17, 15) is 4.79 Å². The molecule has 0 saturated carbocycles. The van der Waals surface area contributed by atoms with Crippen molar-refractivity contribution in [2.24, 2.45) is 0 Å². The van der Waals surface area contributed by atoms with Crippen molar-refractivity contribution < 1.29 is 4.79 Å². The first-order valence-electron chi connectivity index (χ1n) is 4.91. The minimum absolute atomic E-state index is 0.0171. The van der Waals surface area contributed by atoms with Gasteiger partial charge in [-0.15, -0.1) is 0 Å². The zero-order valence-electron chi connectivity index (χ0n) is 9.26. The first kappa shape index (κ1) is 13.7. The van der Waals surface area contributed by atoms with Crippen LogP contribution in [0, 0.1) is 0 Å². The van der Waals surface area contributed by atoms with Crippen molar-refractivity contribution in [1.29, 1.82) is 0 Å². The lowest BCUT2D eigenvalue weighted by atomic mass is 10.2. The highest BCUT2D eigenvalue weighted by Gasteiger charge is 2.14. The molecule has 16 heavy (non-hydrogen) atoms. The quantitative estimate of drug-likeness (QED) is 0.905. The van der Waals surface area contributed by atoms with Gasteiger partial charge < -0.3 is 10.2 Å². The number of nitrogens with zero attached hydrogens (tertiary/aromatic N) is 1. The van der Waals surface area contributed by atoms with E-state index in [-0.39, 0.29) is 5.91 Å². The Labute approximate surface area is 112 Å². The van der Waals surface area contributed by atoms with Gasteiger partial charge in [0.2, 0.25) is 0 Å². The van der Waals surface area contributed by atoms with Crippen molar-refractivity contribution in [1.82, 2.24) is 10.2 Å². The van der Waals surface area contributed by atoms with Gasteiger partial charge in [0.05, 0.1) is 5.56 Å². The summed E-state index contributed by atoms with van der Waals surface area (Å²) in [7, 11) is 3.67. The summed E-state index contributed by atoms with van der Waals surface area (Å²) in [6.45, 7) is 1.47. The van der Waals surface area contributed by atoms with Crippen LogP contribution < -0.4 is 5.32 Å². The van der Waals surface area contributed by atoms with Crippen molar-refractivity contribution in [3.05, 3.63) is 32.7 Å². The molecule has 0 aliphatic heterocycles. The Hall–Kier alpha value is -0.390. The number of nitrogens with one attached hydrogen (secondary N) is 1. The largest absolute Gasteiger partial charge is 0.340 e. The number of hydrogen-bond donors (Lipinski definition) is 1. The SMILES string of the molecule is CNCCN(C)C(=O)c1cc(Br)ccc1Br. The summed E-state index contributed by atoms with van der Waals surface area (Å²) in [5.41, 5.74) is 0.674. The second-order valence-corrected chi connectivity index (χ2v) is 5.22. The third kappa shape index (κ3) is 3.57. The maximum atomic E-state index is 12.1. The molecule has 1 N–H and O–H groups in total. The summed E-state index contributed by atoms with van der Waals surface area (Å²) in [6, 6.07) is 5.58. The molecule has 3 nitrogen and oxygen atoms in total. The van der Waals surface area contributed by atoms with Crippen LogP contribution in [-0.4, -0.2) is 38.0 Å². The van der Waals surface area contributed by atoms with E-state index in [1.807, 2.05) is 25.2 Å². The average Bonchev–Trinajstić information content (AvgIpc) is 2.28. The molecule has 0 unspecified atom stereocenters. The molecule has 88 valence electrons. The van der Waals surface area contributed by atoms with Gasteiger partial charge in [-0.1, -0.05) is 15.9 Å². The Kier molecular flexibility index (Phi) is 5.44. The summed E-state index contributed by atoms with van der Waals surface area (Å²) in [5.74, 6) is 0.0171. The standard InChI is InChI=1S/C11H14Br2N2O/c1-14-5-6-15(2)11(16)9-7-8(12)3-4-10(9)13/h3-4,7,14H,5-6H2,1-2H3. The maximum absolute atomic E-state index is 12.1. The second kappa shape index (κ2) is 6.37. The molecule has 0 saturated heterocycles. The molecule has 0 fully saturated rings. The molecule has 0 spiro atoms. The molecule has 1 rings (SSSR count). The van der Waals surface area contributed by atoms with Gasteiger partial charge in [-0.05, 0) is 41.2 Å². The fourth-order valence-electron chi connectivity index (χ4n) is 1.25. The smallest absolute Gasteiger partial charge is 0.254 e. The lowest BCUT2D eigenvalue weighted by Gasteiger charge is -2.17. The van der Waals surface area contributed by atoms with Gasteiger partial charge in [-0.3, -0.25) is 4.79 Å². The summed E-state index contributed by atoms with van der Waals surface area (Å²) in [5, 5.41) is 3.02. The molecule has 1 aromatic rings. The molecule has 0 heterocycles. The van der Waals surface area contributed by atoms with E-state index in [1.165, 1.54) is 0 Å². The highest BCUT2D eigenvalue weighted by atomic mass is 79.9. The third-order valence-corrected chi connectivity index (χ3v) is 3.39. The predicted molar refractivity (Wildman–Crippen MR) is 72.7 cm³/mol. The summed E-state index contributed by atoms with van der Waals surface area (Å²) < 4.78 is 1.72. The zero-order chi connectivity index (χ0) is 12.1. The monoisotopic (exact) mass is 348 g/mol. The zero-order valence-corrected chi connectivity index (χ0v) is 12.4. The Morgan fingerprint density at radius 1 is 1.44 bits per heavy atom. The average molecular weight is 350 g/mol. The van der Waals surface area contributed by atoms with Crippen molar-refractivity contribution in [3.63, 3.8) is 0 Å². The summed E-state index contributed by atoms with van der Waals surface area (Å²) in [6.07, 6.45) is 0. The minimum Gasteiger partial charge on any atom is -0.340 e. The third-order valence-electron chi connectivity index (χ3n) is 2.20.